The highest BCUT2D eigenvalue weighted by Crippen LogP contribution is 2.15. The van der Waals surface area contributed by atoms with E-state index in [9.17, 15) is 14.7 Å². The number of ether oxygens (including phenoxy) is 1. The van der Waals surface area contributed by atoms with Gasteiger partial charge in [-0.05, 0) is 19.1 Å². The molecular weight excluding hydrogens is 288 g/mol. The molecule has 0 unspecified atom stereocenters. The smallest absolute Gasteiger partial charge is 0.321 e. The molecule has 3 atom stereocenters. The monoisotopic (exact) mass is 306 g/mol. The van der Waals surface area contributed by atoms with E-state index in [1.165, 1.54) is 4.90 Å². The summed E-state index contributed by atoms with van der Waals surface area (Å²) in [6.45, 7) is 2.11. The van der Waals surface area contributed by atoms with Crippen molar-refractivity contribution in [2.45, 2.75) is 25.4 Å². The Labute approximate surface area is 127 Å². The molecule has 3 rings (SSSR count). The first-order valence-corrected chi connectivity index (χ1v) is 7.04. The third-order valence-electron chi connectivity index (χ3n) is 3.63. The van der Waals surface area contributed by atoms with Gasteiger partial charge in [0.15, 0.2) is 0 Å². The Balaban J connectivity index is 1.53. The lowest BCUT2D eigenvalue weighted by atomic mass is 10.2. The van der Waals surface area contributed by atoms with Crippen molar-refractivity contribution in [3.05, 3.63) is 29.8 Å². The van der Waals surface area contributed by atoms with Crippen LogP contribution in [-0.4, -0.2) is 53.7 Å². The van der Waals surface area contributed by atoms with E-state index in [1.807, 2.05) is 31.2 Å². The molecule has 8 nitrogen and oxygen atoms in total. The average Bonchev–Trinajstić information content (AvgIpc) is 2.96. The van der Waals surface area contributed by atoms with Gasteiger partial charge in [0, 0.05) is 0 Å². The van der Waals surface area contributed by atoms with Crippen LogP contribution < -0.4 is 20.7 Å². The van der Waals surface area contributed by atoms with Gasteiger partial charge in [0.2, 0.25) is 0 Å². The number of urea groups is 2. The average molecular weight is 306 g/mol. The summed E-state index contributed by atoms with van der Waals surface area (Å²) < 4.78 is 5.49. The zero-order valence-electron chi connectivity index (χ0n) is 12.1. The Hall–Kier alpha value is -2.48. The Morgan fingerprint density at radius 3 is 2.68 bits per heavy atom. The first-order valence-electron chi connectivity index (χ1n) is 7.04. The highest BCUT2D eigenvalue weighted by atomic mass is 16.5. The molecule has 8 heteroatoms. The SMILES string of the molecule is Cc1ccc(OC[C@H](O)CN2C(=O)N[C@@H]3NC(=O)N[C@H]32)cc1. The zero-order valence-corrected chi connectivity index (χ0v) is 12.1. The third kappa shape index (κ3) is 2.91. The summed E-state index contributed by atoms with van der Waals surface area (Å²) >= 11 is 0. The lowest BCUT2D eigenvalue weighted by Gasteiger charge is -2.24. The molecule has 2 aliphatic heterocycles. The van der Waals surface area contributed by atoms with Crippen LogP contribution in [-0.2, 0) is 0 Å². The van der Waals surface area contributed by atoms with Gasteiger partial charge in [-0.2, -0.15) is 0 Å². The van der Waals surface area contributed by atoms with Gasteiger partial charge in [-0.25, -0.2) is 9.59 Å². The van der Waals surface area contributed by atoms with Gasteiger partial charge in [0.05, 0.1) is 6.54 Å². The molecule has 2 aliphatic rings. The van der Waals surface area contributed by atoms with Crippen LogP contribution in [0.3, 0.4) is 0 Å². The second-order valence-electron chi connectivity index (χ2n) is 5.42. The molecule has 2 heterocycles. The van der Waals surface area contributed by atoms with Gasteiger partial charge in [-0.1, -0.05) is 17.7 Å². The molecule has 0 bridgehead atoms. The minimum Gasteiger partial charge on any atom is -0.491 e. The van der Waals surface area contributed by atoms with E-state index in [0.29, 0.717) is 5.75 Å². The van der Waals surface area contributed by atoms with Crippen LogP contribution >= 0.6 is 0 Å². The first kappa shape index (κ1) is 14.5. The number of aliphatic hydroxyl groups excluding tert-OH is 1. The number of aliphatic hydroxyl groups is 1. The lowest BCUT2D eigenvalue weighted by Crippen LogP contribution is -2.47. The number of carbonyl (C=O) groups is 2. The Bertz CT molecular complexity index is 577. The molecule has 0 spiro atoms. The lowest BCUT2D eigenvalue weighted by molar-refractivity contribution is 0.0709. The Morgan fingerprint density at radius 2 is 1.95 bits per heavy atom. The van der Waals surface area contributed by atoms with Crippen LogP contribution in [0.5, 0.6) is 5.75 Å². The molecule has 2 saturated heterocycles. The fourth-order valence-corrected chi connectivity index (χ4v) is 2.50. The third-order valence-corrected chi connectivity index (χ3v) is 3.63. The summed E-state index contributed by atoms with van der Waals surface area (Å²) in [5, 5.41) is 17.9. The number of aryl methyl sites for hydroxylation is 1. The van der Waals surface area contributed by atoms with E-state index in [1.54, 1.807) is 0 Å². The fraction of sp³-hybridized carbons (Fsp3) is 0.429. The van der Waals surface area contributed by atoms with Gasteiger partial charge in [0.1, 0.15) is 30.8 Å². The van der Waals surface area contributed by atoms with E-state index < -0.39 is 18.4 Å². The van der Waals surface area contributed by atoms with Crippen molar-refractivity contribution in [1.82, 2.24) is 20.9 Å². The van der Waals surface area contributed by atoms with E-state index in [2.05, 4.69) is 16.0 Å². The first-order chi connectivity index (χ1) is 10.5. The number of carbonyl (C=O) groups excluding carboxylic acids is 2. The summed E-state index contributed by atoms with van der Waals surface area (Å²) in [6, 6.07) is 6.80. The fourth-order valence-electron chi connectivity index (χ4n) is 2.50. The van der Waals surface area contributed by atoms with Gasteiger partial charge in [-0.3, -0.25) is 4.90 Å². The molecule has 0 radical (unpaired) electrons. The summed E-state index contributed by atoms with van der Waals surface area (Å²) in [5.41, 5.74) is 1.12. The zero-order chi connectivity index (χ0) is 15.7. The number of fused-ring (bicyclic) bond motifs is 1. The second kappa shape index (κ2) is 5.72. The predicted molar refractivity (Wildman–Crippen MR) is 77.2 cm³/mol. The van der Waals surface area contributed by atoms with Crippen LogP contribution in [0.25, 0.3) is 0 Å². The van der Waals surface area contributed by atoms with Crippen molar-refractivity contribution in [2.24, 2.45) is 0 Å². The molecule has 1 aromatic carbocycles. The van der Waals surface area contributed by atoms with Crippen molar-refractivity contribution in [3.63, 3.8) is 0 Å². The molecule has 1 aromatic rings. The minimum atomic E-state index is -0.858. The summed E-state index contributed by atoms with van der Waals surface area (Å²) in [6.07, 6.45) is -1.82. The molecule has 0 aromatic heterocycles. The van der Waals surface area contributed by atoms with Crippen molar-refractivity contribution in [3.8, 4) is 5.75 Å². The van der Waals surface area contributed by atoms with Crippen molar-refractivity contribution in [2.75, 3.05) is 13.2 Å². The maximum absolute atomic E-state index is 11.8. The van der Waals surface area contributed by atoms with Gasteiger partial charge >= 0.3 is 12.1 Å². The highest BCUT2D eigenvalue weighted by Gasteiger charge is 2.45. The number of nitrogens with zero attached hydrogens (tertiary/aromatic N) is 1. The van der Waals surface area contributed by atoms with Crippen LogP contribution in [0.15, 0.2) is 24.3 Å². The molecule has 22 heavy (non-hydrogen) atoms. The number of amides is 4. The van der Waals surface area contributed by atoms with E-state index in [0.717, 1.165) is 5.56 Å². The number of benzene rings is 1. The number of hydrogen-bond donors (Lipinski definition) is 4. The molecule has 4 amide bonds. The van der Waals surface area contributed by atoms with Crippen molar-refractivity contribution >= 4 is 12.1 Å². The summed E-state index contributed by atoms with van der Waals surface area (Å²) in [7, 11) is 0. The number of rotatable bonds is 5. The van der Waals surface area contributed by atoms with Crippen LogP contribution in [0.1, 0.15) is 5.56 Å². The van der Waals surface area contributed by atoms with Crippen molar-refractivity contribution in [1.29, 1.82) is 0 Å². The van der Waals surface area contributed by atoms with Crippen LogP contribution in [0, 0.1) is 6.92 Å². The topological polar surface area (TPSA) is 103 Å². The largest absolute Gasteiger partial charge is 0.491 e. The van der Waals surface area contributed by atoms with Crippen LogP contribution in [0.4, 0.5) is 9.59 Å². The Morgan fingerprint density at radius 1 is 1.23 bits per heavy atom. The molecule has 2 fully saturated rings. The number of β-amino-alcohol motifs (C(OH)–C–C–N with tert-alkyl or cyclic N) is 1. The molecule has 4 N–H and O–H groups in total. The minimum absolute atomic E-state index is 0.0611. The van der Waals surface area contributed by atoms with E-state index in [-0.39, 0.29) is 25.2 Å². The molecule has 118 valence electrons. The summed E-state index contributed by atoms with van der Waals surface area (Å²) in [5.74, 6) is 0.657. The van der Waals surface area contributed by atoms with E-state index >= 15 is 0 Å². The molecule has 0 saturated carbocycles. The van der Waals surface area contributed by atoms with Crippen molar-refractivity contribution < 1.29 is 19.4 Å². The number of nitrogens with one attached hydrogen (secondary N) is 3. The second-order valence-corrected chi connectivity index (χ2v) is 5.42. The van der Waals surface area contributed by atoms with Gasteiger partial charge in [-0.15, -0.1) is 0 Å². The van der Waals surface area contributed by atoms with Crippen LogP contribution in [0.2, 0.25) is 0 Å². The quantitative estimate of drug-likeness (QED) is 0.601. The highest BCUT2D eigenvalue weighted by molar-refractivity contribution is 5.84. The summed E-state index contributed by atoms with van der Waals surface area (Å²) in [4.78, 5) is 24.4. The maximum Gasteiger partial charge on any atom is 0.321 e. The Kier molecular flexibility index (Phi) is 3.76. The predicted octanol–water partition coefficient (Wildman–Crippen LogP) is -0.275. The normalized spacial score (nSPS) is 24.4. The number of hydrogen-bond acceptors (Lipinski definition) is 4. The standard InChI is InChI=1S/C14H18N4O4/c1-8-2-4-10(5-3-8)22-7-9(19)6-18-12-11(16-14(18)21)15-13(20)17-12/h2-5,9,11-12,19H,6-7H2,1H3,(H,16,21)(H2,15,17,20)/t9-,11+,12+/m1/s1. The van der Waals surface area contributed by atoms with E-state index in [4.69, 9.17) is 4.74 Å². The maximum atomic E-state index is 11.8. The van der Waals surface area contributed by atoms with Gasteiger partial charge < -0.3 is 25.8 Å². The van der Waals surface area contributed by atoms with Gasteiger partial charge in [0.25, 0.3) is 0 Å². The molecule has 0 aliphatic carbocycles. The molecular formula is C14H18N4O4.